The standard InChI is InChI=1S/C14H26N2O5/c1-5-14(6-2,12(18)19)10-15-13(20)16(4)9-8-11(17)21-7-3/h5-10H2,1-4H3,(H,15,20)(H,18,19). The van der Waals surface area contributed by atoms with Crippen molar-refractivity contribution in [3.05, 3.63) is 0 Å². The van der Waals surface area contributed by atoms with Crippen LogP contribution in [0, 0.1) is 5.41 Å². The first-order valence-corrected chi connectivity index (χ1v) is 7.20. The van der Waals surface area contributed by atoms with E-state index in [2.05, 4.69) is 5.32 Å². The molecule has 122 valence electrons. The van der Waals surface area contributed by atoms with Crippen LogP contribution in [0.15, 0.2) is 0 Å². The van der Waals surface area contributed by atoms with E-state index < -0.39 is 17.4 Å². The van der Waals surface area contributed by atoms with Crippen LogP contribution in [0.4, 0.5) is 4.79 Å². The van der Waals surface area contributed by atoms with Crippen LogP contribution < -0.4 is 5.32 Å². The third-order valence-electron chi connectivity index (χ3n) is 3.69. The molecule has 0 unspecified atom stereocenters. The highest BCUT2D eigenvalue weighted by atomic mass is 16.5. The lowest BCUT2D eigenvalue weighted by atomic mass is 9.82. The Morgan fingerprint density at radius 2 is 1.76 bits per heavy atom. The number of aliphatic carboxylic acids is 1. The average molecular weight is 302 g/mol. The molecule has 7 nitrogen and oxygen atoms in total. The quantitative estimate of drug-likeness (QED) is 0.629. The number of nitrogens with one attached hydrogen (secondary N) is 1. The van der Waals surface area contributed by atoms with E-state index in [1.54, 1.807) is 27.8 Å². The van der Waals surface area contributed by atoms with Gasteiger partial charge in [0.15, 0.2) is 0 Å². The van der Waals surface area contributed by atoms with E-state index in [0.717, 1.165) is 0 Å². The lowest BCUT2D eigenvalue weighted by Crippen LogP contribution is -2.46. The van der Waals surface area contributed by atoms with E-state index >= 15 is 0 Å². The fourth-order valence-corrected chi connectivity index (χ4v) is 1.85. The van der Waals surface area contributed by atoms with Crippen LogP contribution in [0.3, 0.4) is 0 Å². The summed E-state index contributed by atoms with van der Waals surface area (Å²) in [6, 6.07) is -0.396. The number of carboxylic acids is 1. The smallest absolute Gasteiger partial charge is 0.317 e. The zero-order valence-corrected chi connectivity index (χ0v) is 13.3. The third kappa shape index (κ3) is 6.01. The minimum absolute atomic E-state index is 0.0674. The van der Waals surface area contributed by atoms with Gasteiger partial charge in [-0.15, -0.1) is 0 Å². The molecule has 0 saturated heterocycles. The second-order valence-electron chi connectivity index (χ2n) is 4.93. The van der Waals surface area contributed by atoms with Crippen molar-refractivity contribution in [2.75, 3.05) is 26.7 Å². The zero-order chi connectivity index (χ0) is 16.5. The molecule has 0 aliphatic heterocycles. The Bertz CT molecular complexity index is 366. The molecular weight excluding hydrogens is 276 g/mol. The van der Waals surface area contributed by atoms with Crippen molar-refractivity contribution in [1.29, 1.82) is 0 Å². The molecule has 0 radical (unpaired) electrons. The van der Waals surface area contributed by atoms with Gasteiger partial charge in [0.05, 0.1) is 18.4 Å². The van der Waals surface area contributed by atoms with Gasteiger partial charge in [0.25, 0.3) is 0 Å². The predicted molar refractivity (Wildman–Crippen MR) is 77.9 cm³/mol. The molecule has 0 aliphatic rings. The Balaban J connectivity index is 4.35. The summed E-state index contributed by atoms with van der Waals surface area (Å²) in [6.45, 7) is 5.89. The summed E-state index contributed by atoms with van der Waals surface area (Å²) in [7, 11) is 1.55. The van der Waals surface area contributed by atoms with Gasteiger partial charge < -0.3 is 20.1 Å². The molecule has 0 fully saturated rings. The van der Waals surface area contributed by atoms with Crippen molar-refractivity contribution >= 4 is 18.0 Å². The Morgan fingerprint density at radius 1 is 1.19 bits per heavy atom. The fraction of sp³-hybridized carbons (Fsp3) is 0.786. The number of hydrogen-bond acceptors (Lipinski definition) is 4. The number of carbonyl (C=O) groups is 3. The molecule has 0 bridgehead atoms. The maximum absolute atomic E-state index is 11.9. The number of nitrogens with zero attached hydrogens (tertiary/aromatic N) is 1. The van der Waals surface area contributed by atoms with Crippen LogP contribution in [-0.2, 0) is 14.3 Å². The SMILES string of the molecule is CCOC(=O)CCN(C)C(=O)NCC(CC)(CC)C(=O)O. The van der Waals surface area contributed by atoms with Gasteiger partial charge in [0, 0.05) is 20.1 Å². The number of carboxylic acid groups (broad SMARTS) is 1. The summed E-state index contributed by atoms with van der Waals surface area (Å²) in [6.07, 6.45) is 0.987. The van der Waals surface area contributed by atoms with Crippen molar-refractivity contribution in [2.45, 2.75) is 40.0 Å². The van der Waals surface area contributed by atoms with Crippen LogP contribution in [0.1, 0.15) is 40.0 Å². The van der Waals surface area contributed by atoms with Crippen LogP contribution in [-0.4, -0.2) is 54.7 Å². The predicted octanol–water partition coefficient (Wildman–Crippen LogP) is 1.47. The van der Waals surface area contributed by atoms with Crippen molar-refractivity contribution < 1.29 is 24.2 Å². The summed E-state index contributed by atoms with van der Waals surface area (Å²) in [5.74, 6) is -1.28. The summed E-state index contributed by atoms with van der Waals surface area (Å²) < 4.78 is 4.78. The van der Waals surface area contributed by atoms with Crippen LogP contribution in [0.2, 0.25) is 0 Å². The average Bonchev–Trinajstić information content (AvgIpc) is 2.46. The summed E-state index contributed by atoms with van der Waals surface area (Å²) in [4.78, 5) is 35.8. The van der Waals surface area contributed by atoms with Crippen molar-refractivity contribution in [1.82, 2.24) is 10.2 Å². The number of ether oxygens (including phenoxy) is 1. The molecule has 2 N–H and O–H groups in total. The highest BCUT2D eigenvalue weighted by molar-refractivity contribution is 5.78. The fourth-order valence-electron chi connectivity index (χ4n) is 1.85. The first-order valence-electron chi connectivity index (χ1n) is 7.20. The van der Waals surface area contributed by atoms with Gasteiger partial charge in [-0.1, -0.05) is 13.8 Å². The zero-order valence-electron chi connectivity index (χ0n) is 13.3. The molecular formula is C14H26N2O5. The highest BCUT2D eigenvalue weighted by Crippen LogP contribution is 2.25. The van der Waals surface area contributed by atoms with Gasteiger partial charge in [-0.05, 0) is 19.8 Å². The van der Waals surface area contributed by atoms with E-state index in [0.29, 0.717) is 19.4 Å². The van der Waals surface area contributed by atoms with Crippen LogP contribution in [0.25, 0.3) is 0 Å². The molecule has 2 amide bonds. The largest absolute Gasteiger partial charge is 0.481 e. The Kier molecular flexibility index (Phi) is 8.42. The maximum atomic E-state index is 11.9. The van der Waals surface area contributed by atoms with E-state index in [1.165, 1.54) is 4.90 Å². The van der Waals surface area contributed by atoms with Gasteiger partial charge in [0.2, 0.25) is 0 Å². The number of carbonyl (C=O) groups excluding carboxylic acids is 2. The number of rotatable bonds is 9. The molecule has 0 aromatic heterocycles. The van der Waals surface area contributed by atoms with Crippen molar-refractivity contribution in [3.63, 3.8) is 0 Å². The van der Waals surface area contributed by atoms with Crippen molar-refractivity contribution in [2.24, 2.45) is 5.41 Å². The molecule has 0 heterocycles. The van der Waals surface area contributed by atoms with E-state index in [9.17, 15) is 19.5 Å². The molecule has 0 aromatic rings. The van der Waals surface area contributed by atoms with Crippen LogP contribution >= 0.6 is 0 Å². The van der Waals surface area contributed by atoms with Gasteiger partial charge in [-0.3, -0.25) is 9.59 Å². The Hall–Kier alpha value is -1.79. The minimum atomic E-state index is -0.947. The Morgan fingerprint density at radius 3 is 2.19 bits per heavy atom. The summed E-state index contributed by atoms with van der Waals surface area (Å²) in [5, 5.41) is 11.9. The van der Waals surface area contributed by atoms with Gasteiger partial charge in [-0.2, -0.15) is 0 Å². The molecule has 21 heavy (non-hydrogen) atoms. The topological polar surface area (TPSA) is 95.9 Å². The van der Waals surface area contributed by atoms with E-state index in [1.807, 2.05) is 0 Å². The van der Waals surface area contributed by atoms with E-state index in [4.69, 9.17) is 4.74 Å². The minimum Gasteiger partial charge on any atom is -0.481 e. The third-order valence-corrected chi connectivity index (χ3v) is 3.69. The number of hydrogen-bond donors (Lipinski definition) is 2. The monoisotopic (exact) mass is 302 g/mol. The molecule has 0 saturated carbocycles. The number of amides is 2. The number of esters is 1. The number of urea groups is 1. The first-order chi connectivity index (χ1) is 9.82. The molecule has 0 rings (SSSR count). The Labute approximate surface area is 125 Å². The highest BCUT2D eigenvalue weighted by Gasteiger charge is 2.35. The second kappa shape index (κ2) is 9.20. The molecule has 0 aromatic carbocycles. The van der Waals surface area contributed by atoms with Crippen LogP contribution in [0.5, 0.6) is 0 Å². The van der Waals surface area contributed by atoms with Gasteiger partial charge in [-0.25, -0.2) is 4.79 Å². The summed E-state index contributed by atoms with van der Waals surface area (Å²) in [5.41, 5.74) is -0.947. The van der Waals surface area contributed by atoms with Gasteiger partial charge >= 0.3 is 18.0 Å². The molecule has 0 spiro atoms. The summed E-state index contributed by atoms with van der Waals surface area (Å²) >= 11 is 0. The lowest BCUT2D eigenvalue weighted by molar-refractivity contribution is -0.149. The first kappa shape index (κ1) is 19.2. The van der Waals surface area contributed by atoms with Crippen molar-refractivity contribution in [3.8, 4) is 0 Å². The molecule has 0 aliphatic carbocycles. The van der Waals surface area contributed by atoms with Gasteiger partial charge in [0.1, 0.15) is 0 Å². The second-order valence-corrected chi connectivity index (χ2v) is 4.93. The normalized spacial score (nSPS) is 10.9. The maximum Gasteiger partial charge on any atom is 0.317 e. The van der Waals surface area contributed by atoms with E-state index in [-0.39, 0.29) is 25.5 Å². The molecule has 0 atom stereocenters. The molecule has 7 heteroatoms. The lowest BCUT2D eigenvalue weighted by Gasteiger charge is -2.28.